The average Bonchev–Trinajstić information content (AvgIpc) is 3.16. The Balaban J connectivity index is 1.76. The molecule has 1 aliphatic heterocycles. The van der Waals surface area contributed by atoms with E-state index < -0.39 is 5.97 Å². The number of aliphatic carboxylic acids is 1. The number of carboxylic acid groups (broad SMARTS) is 1. The zero-order chi connectivity index (χ0) is 18.5. The number of nitrogens with zero attached hydrogens (tertiary/aromatic N) is 3. The van der Waals surface area contributed by atoms with Gasteiger partial charge >= 0.3 is 5.97 Å². The van der Waals surface area contributed by atoms with Gasteiger partial charge in [0, 0.05) is 24.6 Å². The van der Waals surface area contributed by atoms with Crippen LogP contribution in [0.5, 0.6) is 5.75 Å². The first-order chi connectivity index (χ1) is 12.6. The second-order valence-electron chi connectivity index (χ2n) is 6.24. The highest BCUT2D eigenvalue weighted by Crippen LogP contribution is 2.25. The van der Waals surface area contributed by atoms with Crippen LogP contribution in [-0.4, -0.2) is 51.7 Å². The van der Waals surface area contributed by atoms with E-state index in [4.69, 9.17) is 14.4 Å². The Morgan fingerprint density at radius 3 is 3.00 bits per heavy atom. The number of carbonyl (C=O) groups excluding carboxylic acids is 1. The summed E-state index contributed by atoms with van der Waals surface area (Å²) in [6.45, 7) is 0.576. The fourth-order valence-corrected chi connectivity index (χ4v) is 3.17. The Kier molecular flexibility index (Phi) is 5.50. The highest BCUT2D eigenvalue weighted by molar-refractivity contribution is 5.91. The number of ether oxygens (including phenoxy) is 1. The molecule has 26 heavy (non-hydrogen) atoms. The molecule has 0 radical (unpaired) electrons. The zero-order valence-electron chi connectivity index (χ0n) is 14.6. The fourth-order valence-electron chi connectivity index (χ4n) is 3.17. The van der Waals surface area contributed by atoms with Crippen molar-refractivity contribution in [3.63, 3.8) is 0 Å². The molecule has 8 nitrogen and oxygen atoms in total. The van der Waals surface area contributed by atoms with E-state index in [-0.39, 0.29) is 30.1 Å². The minimum Gasteiger partial charge on any atom is -0.497 e. The van der Waals surface area contributed by atoms with Crippen molar-refractivity contribution in [2.45, 2.75) is 38.1 Å². The quantitative estimate of drug-likeness (QED) is 0.845. The Labute approximate surface area is 150 Å². The van der Waals surface area contributed by atoms with Crippen LogP contribution in [0.3, 0.4) is 0 Å². The van der Waals surface area contributed by atoms with Crippen molar-refractivity contribution in [3.8, 4) is 17.2 Å². The van der Waals surface area contributed by atoms with Gasteiger partial charge in [0.2, 0.25) is 0 Å². The van der Waals surface area contributed by atoms with Gasteiger partial charge in [-0.15, -0.1) is 0 Å². The zero-order valence-corrected chi connectivity index (χ0v) is 14.6. The molecule has 1 atom stereocenters. The highest BCUT2D eigenvalue weighted by atomic mass is 16.5. The summed E-state index contributed by atoms with van der Waals surface area (Å²) < 4.78 is 10.4. The standard InChI is InChI=1S/C18H21N3O5/c1-25-14-7-4-5-12(11-14)17-19-16(20-26-17)18(24)21-10-3-2-6-13(21)8-9-15(22)23/h4-5,7,11,13H,2-3,6,8-10H2,1H3,(H,22,23). The number of rotatable bonds is 6. The number of hydrogen-bond donors (Lipinski definition) is 1. The van der Waals surface area contributed by atoms with Crippen LogP contribution in [0.15, 0.2) is 28.8 Å². The lowest BCUT2D eigenvalue weighted by Crippen LogP contribution is -2.44. The third kappa shape index (κ3) is 4.01. The summed E-state index contributed by atoms with van der Waals surface area (Å²) in [7, 11) is 1.56. The Morgan fingerprint density at radius 1 is 1.38 bits per heavy atom. The second-order valence-corrected chi connectivity index (χ2v) is 6.24. The number of benzene rings is 1. The molecule has 1 aromatic heterocycles. The maximum Gasteiger partial charge on any atom is 0.303 e. The van der Waals surface area contributed by atoms with E-state index in [0.717, 1.165) is 19.3 Å². The molecule has 1 amide bonds. The Bertz CT molecular complexity index is 789. The third-order valence-corrected chi connectivity index (χ3v) is 4.51. The molecule has 1 N–H and O–H groups in total. The minimum absolute atomic E-state index is 0.00922. The lowest BCUT2D eigenvalue weighted by Gasteiger charge is -2.34. The number of carboxylic acids is 1. The molecule has 0 saturated carbocycles. The van der Waals surface area contributed by atoms with Gasteiger partial charge in [-0.3, -0.25) is 9.59 Å². The van der Waals surface area contributed by atoms with Crippen LogP contribution in [-0.2, 0) is 4.79 Å². The van der Waals surface area contributed by atoms with Gasteiger partial charge in [0.25, 0.3) is 17.6 Å². The lowest BCUT2D eigenvalue weighted by atomic mass is 9.98. The topological polar surface area (TPSA) is 106 Å². The SMILES string of the molecule is COc1cccc(-c2nc(C(=O)N3CCCCC3CCC(=O)O)no2)c1. The molecule has 2 heterocycles. The maximum absolute atomic E-state index is 12.8. The predicted molar refractivity (Wildman–Crippen MR) is 91.8 cm³/mol. The van der Waals surface area contributed by atoms with Gasteiger partial charge in [-0.1, -0.05) is 11.2 Å². The van der Waals surface area contributed by atoms with Crippen molar-refractivity contribution in [2.75, 3.05) is 13.7 Å². The van der Waals surface area contributed by atoms with E-state index >= 15 is 0 Å². The summed E-state index contributed by atoms with van der Waals surface area (Å²) in [6.07, 6.45) is 3.13. The fraction of sp³-hybridized carbons (Fsp3) is 0.444. The third-order valence-electron chi connectivity index (χ3n) is 4.51. The molecular formula is C18H21N3O5. The van der Waals surface area contributed by atoms with Crippen molar-refractivity contribution in [3.05, 3.63) is 30.1 Å². The van der Waals surface area contributed by atoms with Gasteiger partial charge in [-0.2, -0.15) is 4.98 Å². The summed E-state index contributed by atoms with van der Waals surface area (Å²) in [4.78, 5) is 29.5. The summed E-state index contributed by atoms with van der Waals surface area (Å²) in [6, 6.07) is 7.03. The van der Waals surface area contributed by atoms with Crippen LogP contribution < -0.4 is 4.74 Å². The van der Waals surface area contributed by atoms with Crippen LogP contribution in [0, 0.1) is 0 Å². The van der Waals surface area contributed by atoms with Crippen LogP contribution in [0.2, 0.25) is 0 Å². The lowest BCUT2D eigenvalue weighted by molar-refractivity contribution is -0.137. The molecule has 138 valence electrons. The van der Waals surface area contributed by atoms with Gasteiger partial charge in [0.1, 0.15) is 5.75 Å². The normalized spacial score (nSPS) is 17.1. The number of hydrogen-bond acceptors (Lipinski definition) is 6. The van der Waals surface area contributed by atoms with Crippen LogP contribution in [0.1, 0.15) is 42.7 Å². The van der Waals surface area contributed by atoms with Gasteiger partial charge in [-0.25, -0.2) is 0 Å². The molecule has 1 fully saturated rings. The van der Waals surface area contributed by atoms with Gasteiger partial charge < -0.3 is 19.3 Å². The van der Waals surface area contributed by atoms with E-state index in [1.807, 2.05) is 0 Å². The molecule has 0 spiro atoms. The van der Waals surface area contributed by atoms with Crippen molar-refractivity contribution >= 4 is 11.9 Å². The van der Waals surface area contributed by atoms with Crippen molar-refractivity contribution in [2.24, 2.45) is 0 Å². The number of piperidine rings is 1. The molecule has 3 rings (SSSR count). The Hall–Kier alpha value is -2.90. The van der Waals surface area contributed by atoms with Crippen molar-refractivity contribution < 1.29 is 24.0 Å². The minimum atomic E-state index is -0.858. The number of carbonyl (C=O) groups is 2. The summed E-state index contributed by atoms with van der Waals surface area (Å²) in [5.41, 5.74) is 0.664. The van der Waals surface area contributed by atoms with Crippen molar-refractivity contribution in [1.29, 1.82) is 0 Å². The van der Waals surface area contributed by atoms with Crippen LogP contribution in [0.4, 0.5) is 0 Å². The first-order valence-electron chi connectivity index (χ1n) is 8.59. The highest BCUT2D eigenvalue weighted by Gasteiger charge is 2.30. The van der Waals surface area contributed by atoms with E-state index in [0.29, 0.717) is 24.3 Å². The maximum atomic E-state index is 12.8. The van der Waals surface area contributed by atoms with Crippen LogP contribution in [0.25, 0.3) is 11.5 Å². The second kappa shape index (κ2) is 7.99. The summed E-state index contributed by atoms with van der Waals surface area (Å²) in [5, 5.41) is 12.7. The number of likely N-dealkylation sites (tertiary alicyclic amines) is 1. The average molecular weight is 359 g/mol. The predicted octanol–water partition coefficient (Wildman–Crippen LogP) is 2.60. The van der Waals surface area contributed by atoms with E-state index in [2.05, 4.69) is 10.1 Å². The summed E-state index contributed by atoms with van der Waals surface area (Å²) >= 11 is 0. The smallest absolute Gasteiger partial charge is 0.303 e. The van der Waals surface area contributed by atoms with E-state index in [1.54, 1.807) is 36.3 Å². The van der Waals surface area contributed by atoms with E-state index in [9.17, 15) is 9.59 Å². The molecule has 1 aliphatic rings. The van der Waals surface area contributed by atoms with Crippen LogP contribution >= 0.6 is 0 Å². The monoisotopic (exact) mass is 359 g/mol. The molecular weight excluding hydrogens is 338 g/mol. The first kappa shape index (κ1) is 17.9. The number of amides is 1. The molecule has 8 heteroatoms. The molecule has 1 saturated heterocycles. The molecule has 1 unspecified atom stereocenters. The molecule has 2 aromatic rings. The molecule has 1 aromatic carbocycles. The molecule has 0 aliphatic carbocycles. The van der Waals surface area contributed by atoms with Gasteiger partial charge in [0.15, 0.2) is 0 Å². The number of methoxy groups -OCH3 is 1. The largest absolute Gasteiger partial charge is 0.497 e. The van der Waals surface area contributed by atoms with E-state index in [1.165, 1.54) is 0 Å². The van der Waals surface area contributed by atoms with Crippen molar-refractivity contribution in [1.82, 2.24) is 15.0 Å². The Morgan fingerprint density at radius 2 is 2.23 bits per heavy atom. The molecule has 0 bridgehead atoms. The number of aromatic nitrogens is 2. The summed E-state index contributed by atoms with van der Waals surface area (Å²) in [5.74, 6) is -0.296. The van der Waals surface area contributed by atoms with Gasteiger partial charge in [-0.05, 0) is 43.9 Å². The van der Waals surface area contributed by atoms with Gasteiger partial charge in [0.05, 0.1) is 7.11 Å². The first-order valence-corrected chi connectivity index (χ1v) is 8.59.